The molecular formula is C15H15BrFNO. The molecule has 0 bridgehead atoms. The van der Waals surface area contributed by atoms with Crippen LogP contribution in [0.2, 0.25) is 0 Å². The van der Waals surface area contributed by atoms with E-state index in [1.807, 2.05) is 25.1 Å². The summed E-state index contributed by atoms with van der Waals surface area (Å²) in [5, 5.41) is 0. The Kier molecular flexibility index (Phi) is 4.22. The van der Waals surface area contributed by atoms with Gasteiger partial charge in [0.25, 0.3) is 0 Å². The third kappa shape index (κ3) is 2.96. The second kappa shape index (κ2) is 5.72. The SMILES string of the molecule is COc1ccc(C(N)c2cc(F)ccc2Br)c(C)c1. The van der Waals surface area contributed by atoms with Crippen molar-refractivity contribution in [1.82, 2.24) is 0 Å². The van der Waals surface area contributed by atoms with Crippen LogP contribution in [0.25, 0.3) is 0 Å². The van der Waals surface area contributed by atoms with Crippen molar-refractivity contribution in [1.29, 1.82) is 0 Å². The van der Waals surface area contributed by atoms with Crippen molar-refractivity contribution >= 4 is 15.9 Å². The average molecular weight is 324 g/mol. The van der Waals surface area contributed by atoms with Crippen LogP contribution in [-0.2, 0) is 0 Å². The summed E-state index contributed by atoms with van der Waals surface area (Å²) in [6.07, 6.45) is 0. The Morgan fingerprint density at radius 3 is 2.53 bits per heavy atom. The number of rotatable bonds is 3. The zero-order chi connectivity index (χ0) is 14.0. The highest BCUT2D eigenvalue weighted by Crippen LogP contribution is 2.30. The molecule has 2 nitrogen and oxygen atoms in total. The molecule has 0 aliphatic heterocycles. The van der Waals surface area contributed by atoms with E-state index in [1.165, 1.54) is 12.1 Å². The Labute approximate surface area is 120 Å². The van der Waals surface area contributed by atoms with E-state index in [1.54, 1.807) is 13.2 Å². The lowest BCUT2D eigenvalue weighted by molar-refractivity contribution is 0.414. The molecule has 1 unspecified atom stereocenters. The Hall–Kier alpha value is -1.39. The molecular weight excluding hydrogens is 309 g/mol. The van der Waals surface area contributed by atoms with Gasteiger partial charge in [-0.3, -0.25) is 0 Å². The lowest BCUT2D eigenvalue weighted by atomic mass is 9.95. The summed E-state index contributed by atoms with van der Waals surface area (Å²) in [7, 11) is 1.62. The standard InChI is InChI=1S/C15H15BrFNO/c1-9-7-11(19-2)4-5-12(9)15(18)13-8-10(17)3-6-14(13)16/h3-8,15H,18H2,1-2H3. The molecule has 0 saturated carbocycles. The number of hydrogen-bond acceptors (Lipinski definition) is 2. The minimum atomic E-state index is -0.379. The van der Waals surface area contributed by atoms with Crippen LogP contribution in [0.5, 0.6) is 5.75 Å². The lowest BCUT2D eigenvalue weighted by Gasteiger charge is -2.17. The van der Waals surface area contributed by atoms with Crippen LogP contribution in [0, 0.1) is 12.7 Å². The fraction of sp³-hybridized carbons (Fsp3) is 0.200. The van der Waals surface area contributed by atoms with E-state index in [4.69, 9.17) is 10.5 Å². The minimum Gasteiger partial charge on any atom is -0.497 e. The monoisotopic (exact) mass is 323 g/mol. The Bertz CT molecular complexity index is 601. The first-order valence-electron chi connectivity index (χ1n) is 5.88. The molecule has 0 aliphatic rings. The fourth-order valence-corrected chi connectivity index (χ4v) is 2.54. The van der Waals surface area contributed by atoms with Gasteiger partial charge in [-0.05, 0) is 53.9 Å². The number of ether oxygens (including phenoxy) is 1. The number of benzene rings is 2. The van der Waals surface area contributed by atoms with Crippen molar-refractivity contribution in [2.45, 2.75) is 13.0 Å². The van der Waals surface area contributed by atoms with E-state index >= 15 is 0 Å². The minimum absolute atomic E-state index is 0.292. The van der Waals surface area contributed by atoms with Crippen molar-refractivity contribution in [3.8, 4) is 5.75 Å². The predicted octanol–water partition coefficient (Wildman–Crippen LogP) is 3.95. The van der Waals surface area contributed by atoms with Gasteiger partial charge in [0.15, 0.2) is 0 Å². The molecule has 0 radical (unpaired) electrons. The average Bonchev–Trinajstić information content (AvgIpc) is 2.40. The molecule has 0 spiro atoms. The molecule has 0 saturated heterocycles. The van der Waals surface area contributed by atoms with Gasteiger partial charge in [0.2, 0.25) is 0 Å². The Balaban J connectivity index is 2.43. The molecule has 100 valence electrons. The van der Waals surface area contributed by atoms with E-state index in [9.17, 15) is 4.39 Å². The molecule has 0 amide bonds. The highest BCUT2D eigenvalue weighted by molar-refractivity contribution is 9.10. The fourth-order valence-electron chi connectivity index (χ4n) is 2.04. The van der Waals surface area contributed by atoms with Gasteiger partial charge in [-0.25, -0.2) is 4.39 Å². The van der Waals surface area contributed by atoms with Gasteiger partial charge in [0.05, 0.1) is 13.2 Å². The molecule has 4 heteroatoms. The van der Waals surface area contributed by atoms with E-state index < -0.39 is 0 Å². The van der Waals surface area contributed by atoms with Crippen LogP contribution < -0.4 is 10.5 Å². The quantitative estimate of drug-likeness (QED) is 0.928. The molecule has 19 heavy (non-hydrogen) atoms. The number of hydrogen-bond donors (Lipinski definition) is 1. The lowest BCUT2D eigenvalue weighted by Crippen LogP contribution is -2.14. The summed E-state index contributed by atoms with van der Waals surface area (Å²) < 4.78 is 19.3. The number of aryl methyl sites for hydroxylation is 1. The third-order valence-corrected chi connectivity index (χ3v) is 3.83. The maximum atomic E-state index is 13.3. The van der Waals surface area contributed by atoms with E-state index in [0.717, 1.165) is 26.9 Å². The number of methoxy groups -OCH3 is 1. The first-order valence-corrected chi connectivity index (χ1v) is 6.67. The van der Waals surface area contributed by atoms with Crippen LogP contribution in [0.4, 0.5) is 4.39 Å². The van der Waals surface area contributed by atoms with Crippen LogP contribution >= 0.6 is 15.9 Å². The summed E-state index contributed by atoms with van der Waals surface area (Å²) in [5.74, 6) is 0.492. The van der Waals surface area contributed by atoms with Gasteiger partial charge in [-0.15, -0.1) is 0 Å². The summed E-state index contributed by atoms with van der Waals surface area (Å²) in [6.45, 7) is 1.96. The molecule has 0 fully saturated rings. The molecule has 0 aliphatic carbocycles. The molecule has 2 aromatic carbocycles. The van der Waals surface area contributed by atoms with E-state index in [0.29, 0.717) is 0 Å². The zero-order valence-corrected chi connectivity index (χ0v) is 12.4. The first kappa shape index (κ1) is 14.0. The molecule has 2 N–H and O–H groups in total. The molecule has 0 aromatic heterocycles. The topological polar surface area (TPSA) is 35.2 Å². The number of halogens is 2. The second-order valence-corrected chi connectivity index (χ2v) is 5.22. The van der Waals surface area contributed by atoms with Crippen LogP contribution in [0.15, 0.2) is 40.9 Å². The zero-order valence-electron chi connectivity index (χ0n) is 10.8. The highest BCUT2D eigenvalue weighted by atomic mass is 79.9. The van der Waals surface area contributed by atoms with Crippen molar-refractivity contribution in [3.05, 3.63) is 63.4 Å². The molecule has 2 rings (SSSR count). The predicted molar refractivity (Wildman–Crippen MR) is 77.9 cm³/mol. The summed E-state index contributed by atoms with van der Waals surface area (Å²) in [4.78, 5) is 0. The van der Waals surface area contributed by atoms with E-state index in [2.05, 4.69) is 15.9 Å². The van der Waals surface area contributed by atoms with Gasteiger partial charge < -0.3 is 10.5 Å². The van der Waals surface area contributed by atoms with Gasteiger partial charge in [-0.2, -0.15) is 0 Å². The van der Waals surface area contributed by atoms with Gasteiger partial charge in [0, 0.05) is 4.47 Å². The number of nitrogens with two attached hydrogens (primary N) is 1. The molecule has 1 atom stereocenters. The van der Waals surface area contributed by atoms with Gasteiger partial charge >= 0.3 is 0 Å². The summed E-state index contributed by atoms with van der Waals surface area (Å²) in [6, 6.07) is 9.84. The van der Waals surface area contributed by atoms with Crippen LogP contribution in [0.1, 0.15) is 22.7 Å². The Morgan fingerprint density at radius 2 is 1.89 bits per heavy atom. The largest absolute Gasteiger partial charge is 0.497 e. The maximum Gasteiger partial charge on any atom is 0.123 e. The Morgan fingerprint density at radius 1 is 1.16 bits per heavy atom. The second-order valence-electron chi connectivity index (χ2n) is 4.37. The van der Waals surface area contributed by atoms with Crippen LogP contribution in [-0.4, -0.2) is 7.11 Å². The van der Waals surface area contributed by atoms with E-state index in [-0.39, 0.29) is 11.9 Å². The highest BCUT2D eigenvalue weighted by Gasteiger charge is 2.15. The van der Waals surface area contributed by atoms with Crippen molar-refractivity contribution in [2.75, 3.05) is 7.11 Å². The smallest absolute Gasteiger partial charge is 0.123 e. The van der Waals surface area contributed by atoms with Crippen molar-refractivity contribution in [2.24, 2.45) is 5.73 Å². The third-order valence-electron chi connectivity index (χ3n) is 3.11. The maximum absolute atomic E-state index is 13.3. The molecule has 0 heterocycles. The van der Waals surface area contributed by atoms with Gasteiger partial charge in [0.1, 0.15) is 11.6 Å². The summed E-state index contributed by atoms with van der Waals surface area (Å²) in [5.41, 5.74) is 8.94. The molecule has 2 aromatic rings. The summed E-state index contributed by atoms with van der Waals surface area (Å²) >= 11 is 3.41. The van der Waals surface area contributed by atoms with Crippen LogP contribution in [0.3, 0.4) is 0 Å². The van der Waals surface area contributed by atoms with Crippen molar-refractivity contribution < 1.29 is 9.13 Å². The first-order chi connectivity index (χ1) is 9.02. The van der Waals surface area contributed by atoms with Crippen molar-refractivity contribution in [3.63, 3.8) is 0 Å². The van der Waals surface area contributed by atoms with Gasteiger partial charge in [-0.1, -0.05) is 22.0 Å². The normalized spacial score (nSPS) is 12.3.